The van der Waals surface area contributed by atoms with Crippen LogP contribution >= 0.6 is 0 Å². The lowest BCUT2D eigenvalue weighted by atomic mass is 10.3. The van der Waals surface area contributed by atoms with Gasteiger partial charge in [-0.05, 0) is 13.3 Å². The van der Waals surface area contributed by atoms with Crippen molar-refractivity contribution in [1.82, 2.24) is 0 Å². The van der Waals surface area contributed by atoms with E-state index in [0.29, 0.717) is 18.8 Å². The van der Waals surface area contributed by atoms with Crippen LogP contribution in [0.1, 0.15) is 33.6 Å². The number of hydrogen-bond acceptors (Lipinski definition) is 4. The van der Waals surface area contributed by atoms with Crippen molar-refractivity contribution < 1.29 is 19.1 Å². The summed E-state index contributed by atoms with van der Waals surface area (Å²) < 4.78 is 9.52. The van der Waals surface area contributed by atoms with Crippen LogP contribution in [0.4, 0.5) is 0 Å². The standard InChI is InChI=1S/C10H16O4/c1-4-6-9(14-8(3)11)7-10(12)13-5-2/h7H,4-6H2,1-3H3. The van der Waals surface area contributed by atoms with E-state index >= 15 is 0 Å². The van der Waals surface area contributed by atoms with Gasteiger partial charge in [-0.25, -0.2) is 4.79 Å². The summed E-state index contributed by atoms with van der Waals surface area (Å²) in [6.45, 7) is 5.27. The summed E-state index contributed by atoms with van der Waals surface area (Å²) >= 11 is 0. The smallest absolute Gasteiger partial charge is 0.334 e. The molecule has 0 rings (SSSR count). The fraction of sp³-hybridized carbons (Fsp3) is 0.600. The quantitative estimate of drug-likeness (QED) is 0.386. The lowest BCUT2D eigenvalue weighted by molar-refractivity contribution is -0.138. The van der Waals surface area contributed by atoms with Crippen molar-refractivity contribution in [2.45, 2.75) is 33.6 Å². The molecule has 0 radical (unpaired) electrons. The van der Waals surface area contributed by atoms with Crippen LogP contribution in [0.15, 0.2) is 11.8 Å². The molecule has 80 valence electrons. The van der Waals surface area contributed by atoms with Crippen molar-refractivity contribution in [3.05, 3.63) is 11.8 Å². The largest absolute Gasteiger partial charge is 0.463 e. The summed E-state index contributed by atoms with van der Waals surface area (Å²) in [6.07, 6.45) is 2.57. The summed E-state index contributed by atoms with van der Waals surface area (Å²) in [4.78, 5) is 21.7. The Balaban J connectivity index is 4.30. The maximum atomic E-state index is 11.0. The van der Waals surface area contributed by atoms with Crippen LogP contribution < -0.4 is 0 Å². The summed E-state index contributed by atoms with van der Waals surface area (Å²) in [7, 11) is 0. The topological polar surface area (TPSA) is 52.6 Å². The van der Waals surface area contributed by atoms with Gasteiger partial charge in [0.2, 0.25) is 0 Å². The van der Waals surface area contributed by atoms with Crippen molar-refractivity contribution in [3.8, 4) is 0 Å². The monoisotopic (exact) mass is 200 g/mol. The fourth-order valence-electron chi connectivity index (χ4n) is 0.899. The number of hydrogen-bond donors (Lipinski definition) is 0. The first-order valence-corrected chi connectivity index (χ1v) is 4.65. The van der Waals surface area contributed by atoms with E-state index in [-0.39, 0.29) is 0 Å². The SMILES string of the molecule is CCCC(=CC(=O)OCC)OC(C)=O. The Morgan fingerprint density at radius 3 is 2.36 bits per heavy atom. The summed E-state index contributed by atoms with van der Waals surface area (Å²) in [5.41, 5.74) is 0. The maximum absolute atomic E-state index is 11.0. The van der Waals surface area contributed by atoms with Crippen LogP contribution in [0, 0.1) is 0 Å². The number of carbonyl (C=O) groups is 2. The predicted molar refractivity (Wildman–Crippen MR) is 51.4 cm³/mol. The number of esters is 2. The Morgan fingerprint density at radius 1 is 1.29 bits per heavy atom. The van der Waals surface area contributed by atoms with E-state index in [4.69, 9.17) is 9.47 Å². The van der Waals surface area contributed by atoms with Crippen LogP contribution in [0.3, 0.4) is 0 Å². The summed E-state index contributed by atoms with van der Waals surface area (Å²) in [5.74, 6) is -0.537. The Bertz CT molecular complexity index is 230. The van der Waals surface area contributed by atoms with Gasteiger partial charge in [0.05, 0.1) is 12.7 Å². The number of allylic oxidation sites excluding steroid dienone is 1. The minimum absolute atomic E-state index is 0.314. The predicted octanol–water partition coefficient (Wildman–Crippen LogP) is 1.80. The molecule has 0 N–H and O–H groups in total. The molecular weight excluding hydrogens is 184 g/mol. The van der Waals surface area contributed by atoms with Gasteiger partial charge in [0.25, 0.3) is 0 Å². The molecule has 0 amide bonds. The van der Waals surface area contributed by atoms with Gasteiger partial charge in [-0.2, -0.15) is 0 Å². The molecule has 0 atom stereocenters. The van der Waals surface area contributed by atoms with Gasteiger partial charge in [-0.15, -0.1) is 0 Å². The van der Waals surface area contributed by atoms with Crippen LogP contribution in [0.25, 0.3) is 0 Å². The van der Waals surface area contributed by atoms with Crippen molar-refractivity contribution in [2.24, 2.45) is 0 Å². The van der Waals surface area contributed by atoms with Crippen LogP contribution in [-0.2, 0) is 19.1 Å². The van der Waals surface area contributed by atoms with E-state index in [1.54, 1.807) is 6.92 Å². The van der Waals surface area contributed by atoms with Crippen LogP contribution in [0.2, 0.25) is 0 Å². The van der Waals surface area contributed by atoms with Gasteiger partial charge < -0.3 is 9.47 Å². The third kappa shape index (κ3) is 6.22. The van der Waals surface area contributed by atoms with Gasteiger partial charge >= 0.3 is 11.9 Å². The second-order valence-electron chi connectivity index (χ2n) is 2.71. The van der Waals surface area contributed by atoms with E-state index in [2.05, 4.69) is 0 Å². The Kier molecular flexibility index (Phi) is 6.45. The summed E-state index contributed by atoms with van der Waals surface area (Å²) in [6, 6.07) is 0. The first kappa shape index (κ1) is 12.7. The molecule has 0 aliphatic carbocycles. The zero-order valence-corrected chi connectivity index (χ0v) is 8.83. The highest BCUT2D eigenvalue weighted by molar-refractivity contribution is 5.83. The molecule has 14 heavy (non-hydrogen) atoms. The molecule has 0 aromatic heterocycles. The van der Waals surface area contributed by atoms with Crippen molar-refractivity contribution in [2.75, 3.05) is 6.61 Å². The van der Waals surface area contributed by atoms with E-state index in [9.17, 15) is 9.59 Å². The van der Waals surface area contributed by atoms with E-state index in [1.807, 2.05) is 6.92 Å². The van der Waals surface area contributed by atoms with Crippen LogP contribution in [0.5, 0.6) is 0 Å². The van der Waals surface area contributed by atoms with Crippen LogP contribution in [-0.4, -0.2) is 18.5 Å². The lowest BCUT2D eigenvalue weighted by Crippen LogP contribution is -2.05. The van der Waals surface area contributed by atoms with Gasteiger partial charge in [-0.3, -0.25) is 4.79 Å². The highest BCUT2D eigenvalue weighted by Gasteiger charge is 2.05. The molecule has 4 nitrogen and oxygen atoms in total. The second kappa shape index (κ2) is 7.12. The molecule has 0 aromatic rings. The summed E-state index contributed by atoms with van der Waals surface area (Å²) in [5, 5.41) is 0. The normalized spacial score (nSPS) is 10.9. The molecule has 0 saturated heterocycles. The first-order valence-electron chi connectivity index (χ1n) is 4.65. The first-order chi connectivity index (χ1) is 6.60. The lowest BCUT2D eigenvalue weighted by Gasteiger charge is -2.04. The molecule has 4 heteroatoms. The molecule has 0 fully saturated rings. The van der Waals surface area contributed by atoms with Gasteiger partial charge in [-0.1, -0.05) is 6.92 Å². The maximum Gasteiger partial charge on any atom is 0.334 e. The Morgan fingerprint density at radius 2 is 1.93 bits per heavy atom. The number of ether oxygens (including phenoxy) is 2. The minimum atomic E-state index is -0.475. The zero-order valence-electron chi connectivity index (χ0n) is 8.83. The van der Waals surface area contributed by atoms with E-state index in [1.165, 1.54) is 13.0 Å². The van der Waals surface area contributed by atoms with Crippen molar-refractivity contribution in [1.29, 1.82) is 0 Å². The molecule has 0 bridgehead atoms. The molecule has 0 heterocycles. The van der Waals surface area contributed by atoms with E-state index in [0.717, 1.165) is 6.42 Å². The molecule has 0 unspecified atom stereocenters. The zero-order chi connectivity index (χ0) is 11.0. The van der Waals surface area contributed by atoms with Crippen molar-refractivity contribution in [3.63, 3.8) is 0 Å². The molecule has 0 aliphatic heterocycles. The van der Waals surface area contributed by atoms with Gasteiger partial charge in [0, 0.05) is 13.3 Å². The third-order valence-corrected chi connectivity index (χ3v) is 1.34. The second-order valence-corrected chi connectivity index (χ2v) is 2.71. The number of rotatable bonds is 5. The van der Waals surface area contributed by atoms with E-state index < -0.39 is 11.9 Å². The Labute approximate surface area is 83.9 Å². The molecule has 0 saturated carbocycles. The third-order valence-electron chi connectivity index (χ3n) is 1.34. The molecule has 0 aromatic carbocycles. The Hall–Kier alpha value is -1.32. The van der Waals surface area contributed by atoms with Crippen molar-refractivity contribution >= 4 is 11.9 Å². The molecular formula is C10H16O4. The molecule has 0 spiro atoms. The minimum Gasteiger partial charge on any atom is -0.463 e. The molecule has 0 aliphatic rings. The average molecular weight is 200 g/mol. The highest BCUT2D eigenvalue weighted by atomic mass is 16.5. The van der Waals surface area contributed by atoms with Gasteiger partial charge in [0.1, 0.15) is 5.76 Å². The number of carbonyl (C=O) groups excluding carboxylic acids is 2. The average Bonchev–Trinajstić information content (AvgIpc) is 2.03. The van der Waals surface area contributed by atoms with Gasteiger partial charge in [0.15, 0.2) is 0 Å². The highest BCUT2D eigenvalue weighted by Crippen LogP contribution is 2.07. The fourth-order valence-corrected chi connectivity index (χ4v) is 0.899.